The number of carbonyl (C=O) groups is 1. The standard InChI is InChI=1S/C10H19N3O4S2/c1-3-12-10(14)8-6-17-5-4-13(8)19(15,16)7(2)9(11)18/h7-8H,3-6H2,1-2H3,(H2,11,18)(H,12,14). The van der Waals surface area contributed by atoms with Crippen molar-refractivity contribution < 1.29 is 17.9 Å². The molecule has 0 radical (unpaired) electrons. The minimum absolute atomic E-state index is 0.0368. The lowest BCUT2D eigenvalue weighted by Gasteiger charge is -2.35. The summed E-state index contributed by atoms with van der Waals surface area (Å²) in [5.41, 5.74) is 5.40. The molecule has 0 aromatic heterocycles. The maximum atomic E-state index is 12.4. The van der Waals surface area contributed by atoms with Crippen molar-refractivity contribution in [2.45, 2.75) is 25.1 Å². The van der Waals surface area contributed by atoms with Crippen molar-refractivity contribution in [2.24, 2.45) is 5.73 Å². The number of amides is 1. The van der Waals surface area contributed by atoms with Crippen molar-refractivity contribution in [2.75, 3.05) is 26.3 Å². The Morgan fingerprint density at radius 1 is 1.63 bits per heavy atom. The van der Waals surface area contributed by atoms with E-state index in [-0.39, 0.29) is 30.7 Å². The summed E-state index contributed by atoms with van der Waals surface area (Å²) < 4.78 is 31.1. The summed E-state index contributed by atoms with van der Waals surface area (Å²) >= 11 is 4.73. The highest BCUT2D eigenvalue weighted by Crippen LogP contribution is 2.17. The van der Waals surface area contributed by atoms with E-state index in [0.717, 1.165) is 4.31 Å². The Morgan fingerprint density at radius 3 is 2.79 bits per heavy atom. The molecule has 1 fully saturated rings. The van der Waals surface area contributed by atoms with Gasteiger partial charge in [0.2, 0.25) is 15.9 Å². The van der Waals surface area contributed by atoms with Crippen LogP contribution in [0, 0.1) is 0 Å². The number of sulfonamides is 1. The zero-order valence-electron chi connectivity index (χ0n) is 11.0. The molecule has 0 aromatic carbocycles. The summed E-state index contributed by atoms with van der Waals surface area (Å²) in [5.74, 6) is -0.374. The highest BCUT2D eigenvalue weighted by atomic mass is 32.2. The lowest BCUT2D eigenvalue weighted by molar-refractivity contribution is -0.129. The van der Waals surface area contributed by atoms with E-state index in [1.165, 1.54) is 6.92 Å². The Bertz CT molecular complexity index is 452. The van der Waals surface area contributed by atoms with E-state index in [2.05, 4.69) is 5.32 Å². The first-order chi connectivity index (χ1) is 8.82. The van der Waals surface area contributed by atoms with Crippen LogP contribution in [0.5, 0.6) is 0 Å². The second kappa shape index (κ2) is 6.60. The van der Waals surface area contributed by atoms with E-state index < -0.39 is 21.3 Å². The van der Waals surface area contributed by atoms with E-state index in [1.54, 1.807) is 6.92 Å². The van der Waals surface area contributed by atoms with Crippen LogP contribution in [0.3, 0.4) is 0 Å². The second-order valence-electron chi connectivity index (χ2n) is 4.19. The molecule has 1 aliphatic heterocycles. The fourth-order valence-corrected chi connectivity index (χ4v) is 3.65. The van der Waals surface area contributed by atoms with Crippen LogP contribution in [0.15, 0.2) is 0 Å². The molecule has 3 N–H and O–H groups in total. The smallest absolute Gasteiger partial charge is 0.240 e. The van der Waals surface area contributed by atoms with Crippen LogP contribution in [0.2, 0.25) is 0 Å². The summed E-state index contributed by atoms with van der Waals surface area (Å²) in [6.07, 6.45) is 0. The molecule has 9 heteroatoms. The molecule has 7 nitrogen and oxygen atoms in total. The van der Waals surface area contributed by atoms with E-state index in [9.17, 15) is 13.2 Å². The summed E-state index contributed by atoms with van der Waals surface area (Å²) in [4.78, 5) is 11.8. The number of nitrogens with two attached hydrogens (primary N) is 1. The van der Waals surface area contributed by atoms with Gasteiger partial charge in [0, 0.05) is 13.1 Å². The minimum Gasteiger partial charge on any atom is -0.392 e. The van der Waals surface area contributed by atoms with Crippen molar-refractivity contribution >= 4 is 33.1 Å². The molecule has 0 saturated carbocycles. The molecule has 2 unspecified atom stereocenters. The van der Waals surface area contributed by atoms with Crippen molar-refractivity contribution in [3.8, 4) is 0 Å². The highest BCUT2D eigenvalue weighted by molar-refractivity contribution is 7.92. The zero-order chi connectivity index (χ0) is 14.6. The predicted molar refractivity (Wildman–Crippen MR) is 75.2 cm³/mol. The van der Waals surface area contributed by atoms with Gasteiger partial charge in [-0.1, -0.05) is 12.2 Å². The van der Waals surface area contributed by atoms with E-state index in [1.807, 2.05) is 0 Å². The predicted octanol–water partition coefficient (Wildman–Crippen LogP) is -1.17. The molecule has 2 atom stereocenters. The number of carbonyl (C=O) groups excluding carboxylic acids is 1. The zero-order valence-corrected chi connectivity index (χ0v) is 12.6. The number of ether oxygens (including phenoxy) is 1. The lowest BCUT2D eigenvalue weighted by Crippen LogP contribution is -2.58. The third-order valence-corrected chi connectivity index (χ3v) is 5.65. The number of thiocarbonyl (C=S) groups is 1. The third-order valence-electron chi connectivity index (χ3n) is 2.91. The molecule has 1 rings (SSSR count). The Hall–Kier alpha value is -0.770. The third kappa shape index (κ3) is 3.62. The fraction of sp³-hybridized carbons (Fsp3) is 0.800. The van der Waals surface area contributed by atoms with Crippen molar-refractivity contribution in [1.29, 1.82) is 0 Å². The number of morpholine rings is 1. The monoisotopic (exact) mass is 309 g/mol. The van der Waals surface area contributed by atoms with Crippen LogP contribution in [-0.2, 0) is 19.6 Å². The fourth-order valence-electron chi connectivity index (χ4n) is 1.74. The second-order valence-corrected chi connectivity index (χ2v) is 6.86. The van der Waals surface area contributed by atoms with Gasteiger partial charge in [-0.15, -0.1) is 0 Å². The Morgan fingerprint density at radius 2 is 2.26 bits per heavy atom. The molecule has 0 bridgehead atoms. The average molecular weight is 309 g/mol. The van der Waals surface area contributed by atoms with Crippen LogP contribution < -0.4 is 11.1 Å². The highest BCUT2D eigenvalue weighted by Gasteiger charge is 2.40. The molecule has 0 aromatic rings. The van der Waals surface area contributed by atoms with E-state index in [4.69, 9.17) is 22.7 Å². The molecule has 1 aliphatic rings. The van der Waals surface area contributed by atoms with Crippen LogP contribution >= 0.6 is 12.2 Å². The van der Waals surface area contributed by atoms with Gasteiger partial charge >= 0.3 is 0 Å². The van der Waals surface area contributed by atoms with Gasteiger partial charge in [-0.3, -0.25) is 4.79 Å². The van der Waals surface area contributed by atoms with Crippen LogP contribution in [0.1, 0.15) is 13.8 Å². The van der Waals surface area contributed by atoms with E-state index in [0.29, 0.717) is 6.54 Å². The number of hydrogen-bond donors (Lipinski definition) is 2. The number of nitrogens with one attached hydrogen (secondary N) is 1. The van der Waals surface area contributed by atoms with Crippen molar-refractivity contribution in [3.63, 3.8) is 0 Å². The van der Waals surface area contributed by atoms with Gasteiger partial charge < -0.3 is 15.8 Å². The van der Waals surface area contributed by atoms with E-state index >= 15 is 0 Å². The molecular weight excluding hydrogens is 290 g/mol. The van der Waals surface area contributed by atoms with Gasteiger partial charge in [-0.25, -0.2) is 8.42 Å². The topological polar surface area (TPSA) is 102 Å². The van der Waals surface area contributed by atoms with Crippen LogP contribution in [0.25, 0.3) is 0 Å². The lowest BCUT2D eigenvalue weighted by atomic mass is 10.2. The first kappa shape index (κ1) is 16.3. The molecule has 1 saturated heterocycles. The van der Waals surface area contributed by atoms with Gasteiger partial charge in [0.1, 0.15) is 11.3 Å². The van der Waals surface area contributed by atoms with Crippen LogP contribution in [-0.4, -0.2) is 61.2 Å². The normalized spacial score (nSPS) is 22.7. The molecule has 1 heterocycles. The number of rotatable bonds is 5. The summed E-state index contributed by atoms with van der Waals surface area (Å²) in [6.45, 7) is 4.01. The maximum Gasteiger partial charge on any atom is 0.240 e. The Labute approximate surface area is 118 Å². The molecule has 0 spiro atoms. The van der Waals surface area contributed by atoms with Gasteiger partial charge in [0.25, 0.3) is 0 Å². The van der Waals surface area contributed by atoms with Gasteiger partial charge in [0.05, 0.1) is 18.2 Å². The molecule has 0 aliphatic carbocycles. The first-order valence-electron chi connectivity index (χ1n) is 5.97. The maximum absolute atomic E-state index is 12.4. The van der Waals surface area contributed by atoms with Crippen LogP contribution in [0.4, 0.5) is 0 Å². The van der Waals surface area contributed by atoms with Crippen molar-refractivity contribution in [1.82, 2.24) is 9.62 Å². The summed E-state index contributed by atoms with van der Waals surface area (Å²) in [7, 11) is -3.75. The largest absolute Gasteiger partial charge is 0.392 e. The van der Waals surface area contributed by atoms with Crippen molar-refractivity contribution in [3.05, 3.63) is 0 Å². The average Bonchev–Trinajstić information content (AvgIpc) is 2.38. The minimum atomic E-state index is -3.75. The summed E-state index contributed by atoms with van der Waals surface area (Å²) in [5, 5.41) is 1.59. The van der Waals surface area contributed by atoms with Gasteiger partial charge in [-0.05, 0) is 13.8 Å². The van der Waals surface area contributed by atoms with Gasteiger partial charge in [-0.2, -0.15) is 4.31 Å². The van der Waals surface area contributed by atoms with Gasteiger partial charge in [0.15, 0.2) is 0 Å². The Balaban J connectivity index is 3.00. The molecule has 19 heavy (non-hydrogen) atoms. The molecule has 110 valence electrons. The SMILES string of the molecule is CCNC(=O)C1COCCN1S(=O)(=O)C(C)C(N)=S. The number of likely N-dealkylation sites (N-methyl/N-ethyl adjacent to an activating group) is 1. The quantitative estimate of drug-likeness (QED) is 0.620. The number of nitrogens with zero attached hydrogens (tertiary/aromatic N) is 1. The number of hydrogen-bond acceptors (Lipinski definition) is 5. The summed E-state index contributed by atoms with van der Waals surface area (Å²) in [6, 6.07) is -0.865. The molecule has 1 amide bonds. The molecular formula is C10H19N3O4S2. The Kier molecular flexibility index (Phi) is 5.65. The first-order valence-corrected chi connectivity index (χ1v) is 7.89.